The maximum absolute atomic E-state index is 9.32. The van der Waals surface area contributed by atoms with Gasteiger partial charge in [0.15, 0.2) is 0 Å². The largest absolute Gasteiger partial charge is 0.508 e. The summed E-state index contributed by atoms with van der Waals surface area (Å²) in [5.74, 6) is 1.51. The molecule has 0 saturated heterocycles. The second-order valence-electron chi connectivity index (χ2n) is 3.27. The van der Waals surface area contributed by atoms with Crippen molar-refractivity contribution in [3.63, 3.8) is 0 Å². The lowest BCUT2D eigenvalue weighted by Gasteiger charge is -2.06. The zero-order valence-corrected chi connectivity index (χ0v) is 8.85. The van der Waals surface area contributed by atoms with Gasteiger partial charge in [-0.1, -0.05) is 12.1 Å². The van der Waals surface area contributed by atoms with E-state index in [0.717, 1.165) is 11.4 Å². The Bertz CT molecular complexity index is 453. The first-order chi connectivity index (χ1) is 7.29. The lowest BCUT2D eigenvalue weighted by atomic mass is 10.2. The van der Waals surface area contributed by atoms with Gasteiger partial charge in [0.05, 0.1) is 5.88 Å². The van der Waals surface area contributed by atoms with Crippen molar-refractivity contribution in [3.8, 4) is 5.75 Å². The molecular formula is C11H11ClN2O. The van der Waals surface area contributed by atoms with E-state index in [4.69, 9.17) is 11.6 Å². The molecule has 0 fully saturated rings. The summed E-state index contributed by atoms with van der Waals surface area (Å²) in [6, 6.07) is 7.16. The van der Waals surface area contributed by atoms with Gasteiger partial charge in [0.1, 0.15) is 11.6 Å². The molecule has 1 aromatic carbocycles. The number of rotatable bonds is 3. The maximum Gasteiger partial charge on any atom is 0.123 e. The molecule has 2 rings (SSSR count). The number of hydrogen-bond donors (Lipinski definition) is 1. The van der Waals surface area contributed by atoms with E-state index in [9.17, 15) is 5.11 Å². The SMILES string of the molecule is Oc1cccc(Cn2ccnc2CCl)c1. The van der Waals surface area contributed by atoms with E-state index in [1.807, 2.05) is 22.9 Å². The zero-order chi connectivity index (χ0) is 10.7. The van der Waals surface area contributed by atoms with Gasteiger partial charge in [-0.2, -0.15) is 0 Å². The maximum atomic E-state index is 9.32. The van der Waals surface area contributed by atoms with Crippen molar-refractivity contribution in [3.05, 3.63) is 48.0 Å². The normalized spacial score (nSPS) is 10.5. The van der Waals surface area contributed by atoms with Gasteiger partial charge in [-0.15, -0.1) is 11.6 Å². The number of halogens is 1. The van der Waals surface area contributed by atoms with Gasteiger partial charge in [0, 0.05) is 18.9 Å². The van der Waals surface area contributed by atoms with Crippen LogP contribution in [0.15, 0.2) is 36.7 Å². The molecule has 0 atom stereocenters. The van der Waals surface area contributed by atoms with E-state index >= 15 is 0 Å². The average molecular weight is 223 g/mol. The first-order valence-electron chi connectivity index (χ1n) is 4.63. The molecular weight excluding hydrogens is 212 g/mol. The van der Waals surface area contributed by atoms with Crippen LogP contribution < -0.4 is 0 Å². The van der Waals surface area contributed by atoms with Gasteiger partial charge in [-0.3, -0.25) is 0 Å². The highest BCUT2D eigenvalue weighted by Gasteiger charge is 2.02. The van der Waals surface area contributed by atoms with Crippen LogP contribution in [0.1, 0.15) is 11.4 Å². The third-order valence-electron chi connectivity index (χ3n) is 2.18. The molecule has 1 N–H and O–H groups in total. The Morgan fingerprint density at radius 2 is 2.27 bits per heavy atom. The van der Waals surface area contributed by atoms with Crippen molar-refractivity contribution in [2.45, 2.75) is 12.4 Å². The Morgan fingerprint density at radius 3 is 3.00 bits per heavy atom. The highest BCUT2D eigenvalue weighted by atomic mass is 35.5. The molecule has 0 radical (unpaired) electrons. The second-order valence-corrected chi connectivity index (χ2v) is 3.54. The van der Waals surface area contributed by atoms with Gasteiger partial charge in [0.2, 0.25) is 0 Å². The van der Waals surface area contributed by atoms with Crippen molar-refractivity contribution in [2.24, 2.45) is 0 Å². The summed E-state index contributed by atoms with van der Waals surface area (Å²) in [4.78, 5) is 4.12. The van der Waals surface area contributed by atoms with Crippen LogP contribution in [0.4, 0.5) is 0 Å². The predicted molar refractivity (Wildman–Crippen MR) is 59.0 cm³/mol. The first kappa shape index (κ1) is 10.1. The van der Waals surface area contributed by atoms with Crippen molar-refractivity contribution in [1.82, 2.24) is 9.55 Å². The summed E-state index contributed by atoms with van der Waals surface area (Å²) in [5.41, 5.74) is 1.03. The summed E-state index contributed by atoms with van der Waals surface area (Å²) in [6.07, 6.45) is 3.60. The predicted octanol–water partition coefficient (Wildman–Crippen LogP) is 2.38. The van der Waals surface area contributed by atoms with E-state index in [1.54, 1.807) is 18.3 Å². The minimum Gasteiger partial charge on any atom is -0.508 e. The van der Waals surface area contributed by atoms with Crippen LogP contribution in [0.3, 0.4) is 0 Å². The second kappa shape index (κ2) is 4.36. The smallest absolute Gasteiger partial charge is 0.123 e. The highest BCUT2D eigenvalue weighted by Crippen LogP contribution is 2.13. The summed E-state index contributed by atoms with van der Waals surface area (Å²) >= 11 is 5.74. The minimum atomic E-state index is 0.278. The van der Waals surface area contributed by atoms with Gasteiger partial charge >= 0.3 is 0 Å². The Labute approximate surface area is 93.0 Å². The van der Waals surface area contributed by atoms with Crippen LogP contribution in [0.25, 0.3) is 0 Å². The number of benzene rings is 1. The topological polar surface area (TPSA) is 38.0 Å². The van der Waals surface area contributed by atoms with Gasteiger partial charge in [-0.25, -0.2) is 4.98 Å². The van der Waals surface area contributed by atoms with E-state index in [2.05, 4.69) is 4.98 Å². The third kappa shape index (κ3) is 2.30. The van der Waals surface area contributed by atoms with E-state index in [0.29, 0.717) is 12.4 Å². The number of phenolic OH excluding ortho intramolecular Hbond substituents is 1. The molecule has 0 aliphatic heterocycles. The molecule has 0 amide bonds. The molecule has 1 aromatic heterocycles. The van der Waals surface area contributed by atoms with Crippen LogP contribution in [0, 0.1) is 0 Å². The molecule has 4 heteroatoms. The van der Waals surface area contributed by atoms with Crippen LogP contribution in [0.5, 0.6) is 5.75 Å². The molecule has 3 nitrogen and oxygen atoms in total. The first-order valence-corrected chi connectivity index (χ1v) is 5.17. The van der Waals surface area contributed by atoms with Gasteiger partial charge in [0.25, 0.3) is 0 Å². The fourth-order valence-corrected chi connectivity index (χ4v) is 1.69. The van der Waals surface area contributed by atoms with Crippen molar-refractivity contribution in [2.75, 3.05) is 0 Å². The fraction of sp³-hybridized carbons (Fsp3) is 0.182. The number of imidazole rings is 1. The summed E-state index contributed by atoms with van der Waals surface area (Å²) in [7, 11) is 0. The fourth-order valence-electron chi connectivity index (χ4n) is 1.47. The average Bonchev–Trinajstić information content (AvgIpc) is 2.65. The van der Waals surface area contributed by atoms with Gasteiger partial charge in [-0.05, 0) is 17.7 Å². The minimum absolute atomic E-state index is 0.278. The number of hydrogen-bond acceptors (Lipinski definition) is 2. The molecule has 0 aliphatic rings. The molecule has 0 unspecified atom stereocenters. The zero-order valence-electron chi connectivity index (χ0n) is 8.10. The van der Waals surface area contributed by atoms with Gasteiger partial charge < -0.3 is 9.67 Å². The van der Waals surface area contributed by atoms with E-state index in [1.165, 1.54) is 0 Å². The number of phenols is 1. The lowest BCUT2D eigenvalue weighted by Crippen LogP contribution is -2.02. The number of aromatic nitrogens is 2. The molecule has 15 heavy (non-hydrogen) atoms. The Balaban J connectivity index is 2.22. The summed E-state index contributed by atoms with van der Waals surface area (Å²) in [6.45, 7) is 0.677. The highest BCUT2D eigenvalue weighted by molar-refractivity contribution is 6.16. The van der Waals surface area contributed by atoms with E-state index < -0.39 is 0 Å². The molecule has 78 valence electrons. The summed E-state index contributed by atoms with van der Waals surface area (Å²) in [5, 5.41) is 9.32. The summed E-state index contributed by atoms with van der Waals surface area (Å²) < 4.78 is 1.96. The number of nitrogens with zero attached hydrogens (tertiary/aromatic N) is 2. The Hall–Kier alpha value is -1.48. The monoisotopic (exact) mass is 222 g/mol. The molecule has 0 bridgehead atoms. The molecule has 1 heterocycles. The van der Waals surface area contributed by atoms with Crippen LogP contribution >= 0.6 is 11.6 Å². The Morgan fingerprint density at radius 1 is 1.40 bits per heavy atom. The van der Waals surface area contributed by atoms with Crippen molar-refractivity contribution >= 4 is 11.6 Å². The lowest BCUT2D eigenvalue weighted by molar-refractivity contribution is 0.474. The Kier molecular flexibility index (Phi) is 2.92. The standard InChI is InChI=1S/C11H11ClN2O/c12-7-11-13-4-5-14(11)8-9-2-1-3-10(15)6-9/h1-6,15H,7-8H2. The van der Waals surface area contributed by atoms with Crippen LogP contribution in [0.2, 0.25) is 0 Å². The van der Waals surface area contributed by atoms with Crippen molar-refractivity contribution in [1.29, 1.82) is 0 Å². The molecule has 0 spiro atoms. The third-order valence-corrected chi connectivity index (χ3v) is 2.42. The van der Waals surface area contributed by atoms with Crippen LogP contribution in [-0.4, -0.2) is 14.7 Å². The molecule has 0 aliphatic carbocycles. The number of alkyl halides is 1. The quantitative estimate of drug-likeness (QED) is 0.810. The van der Waals surface area contributed by atoms with Crippen LogP contribution in [-0.2, 0) is 12.4 Å². The molecule has 2 aromatic rings. The van der Waals surface area contributed by atoms with E-state index in [-0.39, 0.29) is 5.75 Å². The number of aromatic hydroxyl groups is 1. The molecule has 0 saturated carbocycles. The van der Waals surface area contributed by atoms with Crippen molar-refractivity contribution < 1.29 is 5.11 Å².